The van der Waals surface area contributed by atoms with Crippen molar-refractivity contribution in [3.05, 3.63) is 98.7 Å². The zero-order valence-electron chi connectivity index (χ0n) is 32.5. The molecule has 1 fully saturated rings. The van der Waals surface area contributed by atoms with Crippen molar-refractivity contribution in [2.24, 2.45) is 0 Å². The van der Waals surface area contributed by atoms with Gasteiger partial charge in [0.2, 0.25) is 29.4 Å². The number of anilines is 3. The second-order valence-corrected chi connectivity index (χ2v) is 16.4. The van der Waals surface area contributed by atoms with Crippen molar-refractivity contribution in [3.63, 3.8) is 0 Å². The molecule has 0 spiro atoms. The number of nitrogens with one attached hydrogen (secondary N) is 5. The number of piperidine rings is 1. The lowest BCUT2D eigenvalue weighted by atomic mass is 10.0. The molecule has 0 radical (unpaired) electrons. The zero-order valence-corrected chi connectivity index (χ0v) is 34.1. The molecule has 5 N–H and O–H groups in total. The molecule has 6 amide bonds. The van der Waals surface area contributed by atoms with Crippen LogP contribution in [0.3, 0.4) is 0 Å². The number of methoxy groups -OCH3 is 1. The van der Waals surface area contributed by atoms with Crippen molar-refractivity contribution in [2.75, 3.05) is 35.6 Å². The van der Waals surface area contributed by atoms with E-state index in [9.17, 15) is 47.3 Å². The van der Waals surface area contributed by atoms with E-state index in [-0.39, 0.29) is 57.9 Å². The van der Waals surface area contributed by atoms with Crippen LogP contribution in [0.2, 0.25) is 0 Å². The maximum absolute atomic E-state index is 13.3. The molecular formula is C39H39N9O11S2. The predicted octanol–water partition coefficient (Wildman–Crippen LogP) is 3.64. The molecule has 61 heavy (non-hydrogen) atoms. The number of hydrogen-bond donors (Lipinski definition) is 5. The third kappa shape index (κ3) is 10.8. The van der Waals surface area contributed by atoms with E-state index >= 15 is 0 Å². The first kappa shape index (κ1) is 43.5. The molecule has 4 heterocycles. The van der Waals surface area contributed by atoms with E-state index in [0.717, 1.165) is 16.2 Å². The Morgan fingerprint density at radius 3 is 2.54 bits per heavy atom. The number of unbranched alkanes of at least 4 members (excludes halogenated alkanes) is 1. The van der Waals surface area contributed by atoms with Crippen LogP contribution < -0.4 is 30.7 Å². The van der Waals surface area contributed by atoms with Gasteiger partial charge in [0.1, 0.15) is 6.04 Å². The van der Waals surface area contributed by atoms with Crippen molar-refractivity contribution in [3.8, 4) is 5.88 Å². The number of nitrogens with zero attached hydrogens (tertiary/aromatic N) is 4. The van der Waals surface area contributed by atoms with Gasteiger partial charge in [-0.3, -0.25) is 53.8 Å². The lowest BCUT2D eigenvalue weighted by molar-refractivity contribution is -0.380. The van der Waals surface area contributed by atoms with Gasteiger partial charge in [0.25, 0.3) is 27.7 Å². The lowest BCUT2D eigenvalue weighted by Crippen LogP contribution is -2.54. The summed E-state index contributed by atoms with van der Waals surface area (Å²) >= 11 is 0.914. The van der Waals surface area contributed by atoms with Gasteiger partial charge in [-0.15, -0.1) is 0 Å². The maximum Gasteiger partial charge on any atom is 0.324 e. The van der Waals surface area contributed by atoms with Crippen LogP contribution in [-0.4, -0.2) is 89.9 Å². The number of rotatable bonds is 19. The van der Waals surface area contributed by atoms with Gasteiger partial charge in [-0.25, -0.2) is 18.4 Å². The standard InChI is InChI=1S/C39H39N9O11S2/c1-59-37-35(46-61(57,58)26-14-10-23(11-15-26)43-31(50)17-12-25-13-19-33(60-25)48(55)56)42-22-24(44-37)6-5-21-41-30(49)9-2-3-20-40-28-8-4-7-27-34(28)39(54)47(38(27)53)29-16-18-32(51)45-36(29)52/h4,7-8,10-15,17,19,22,29,40H,2-3,5-6,9,16,18,20-21H2,1H3,(H,41,49)(H,42,46)(H,43,50)(H,45,51,52)/b17-12+. The first-order valence-electron chi connectivity index (χ1n) is 18.9. The number of ether oxygens (including phenoxy) is 1. The Hall–Kier alpha value is -7.07. The molecule has 1 atom stereocenters. The van der Waals surface area contributed by atoms with Gasteiger partial charge in [0, 0.05) is 54.3 Å². The SMILES string of the molecule is COc1nc(CCCNC(=O)CCCCNc2cccc3c2C(=O)N(C2CCC(=O)NC2=O)C3=O)cnc1NS(=O)(=O)c1ccc(NC(=O)/C=C/c2ccc([N+](=O)[O-])s2)cc1. The first-order chi connectivity index (χ1) is 29.2. The summed E-state index contributed by atoms with van der Waals surface area (Å²) in [6.07, 6.45) is 6.39. The van der Waals surface area contributed by atoms with Crippen LogP contribution in [0.1, 0.15) is 69.8 Å². The van der Waals surface area contributed by atoms with Crippen molar-refractivity contribution in [2.45, 2.75) is 55.9 Å². The Kier molecular flexibility index (Phi) is 13.8. The molecule has 2 aromatic heterocycles. The molecule has 2 aliphatic heterocycles. The molecular weight excluding hydrogens is 835 g/mol. The molecule has 6 rings (SSSR count). The van der Waals surface area contributed by atoms with Gasteiger partial charge < -0.3 is 20.7 Å². The van der Waals surface area contributed by atoms with Crippen LogP contribution in [0.5, 0.6) is 5.88 Å². The summed E-state index contributed by atoms with van der Waals surface area (Å²) in [6.45, 7) is 0.758. The van der Waals surface area contributed by atoms with Crippen molar-refractivity contribution < 1.29 is 46.8 Å². The minimum absolute atomic E-state index is 0.0269. The van der Waals surface area contributed by atoms with E-state index in [0.29, 0.717) is 60.7 Å². The number of aryl methyl sites for hydroxylation is 1. The second kappa shape index (κ2) is 19.3. The van der Waals surface area contributed by atoms with E-state index in [1.165, 1.54) is 67.9 Å². The van der Waals surface area contributed by atoms with E-state index in [4.69, 9.17) is 4.74 Å². The number of nitro groups is 1. The van der Waals surface area contributed by atoms with Crippen LogP contribution in [-0.2, 0) is 35.6 Å². The number of benzene rings is 2. The quantitative estimate of drug-likeness (QED) is 0.0296. The number of carbonyl (C=O) groups is 6. The molecule has 1 saturated heterocycles. The molecule has 2 aliphatic rings. The number of thiophene rings is 1. The van der Waals surface area contributed by atoms with Gasteiger partial charge >= 0.3 is 5.00 Å². The number of imide groups is 2. The average molecular weight is 874 g/mol. The molecule has 0 saturated carbocycles. The van der Waals surface area contributed by atoms with Gasteiger partial charge in [0.05, 0.1) is 39.9 Å². The van der Waals surface area contributed by atoms with E-state index in [2.05, 4.69) is 36.0 Å². The molecule has 1 unspecified atom stereocenters. The third-order valence-corrected chi connectivity index (χ3v) is 11.7. The number of fused-ring (bicyclic) bond motifs is 1. The number of carbonyl (C=O) groups excluding carboxylic acids is 6. The fraction of sp³-hybridized carbons (Fsp3) is 0.282. The van der Waals surface area contributed by atoms with Crippen LogP contribution >= 0.6 is 11.3 Å². The molecule has 4 aromatic rings. The normalized spacial score (nSPS) is 15.0. The Morgan fingerprint density at radius 1 is 1.03 bits per heavy atom. The summed E-state index contributed by atoms with van der Waals surface area (Å²) < 4.78 is 33.9. The Balaban J connectivity index is 0.900. The van der Waals surface area contributed by atoms with Crippen molar-refractivity contribution in [1.82, 2.24) is 25.5 Å². The van der Waals surface area contributed by atoms with Gasteiger partial charge in [0.15, 0.2) is 0 Å². The van der Waals surface area contributed by atoms with Crippen LogP contribution in [0.4, 0.5) is 22.2 Å². The van der Waals surface area contributed by atoms with E-state index < -0.39 is 50.5 Å². The highest BCUT2D eigenvalue weighted by atomic mass is 32.2. The smallest absolute Gasteiger partial charge is 0.324 e. The highest BCUT2D eigenvalue weighted by Crippen LogP contribution is 2.32. The van der Waals surface area contributed by atoms with Gasteiger partial charge in [-0.1, -0.05) is 17.4 Å². The molecule has 22 heteroatoms. The molecule has 0 bridgehead atoms. The number of amides is 6. The highest BCUT2D eigenvalue weighted by molar-refractivity contribution is 7.92. The lowest BCUT2D eigenvalue weighted by Gasteiger charge is -2.27. The topological polar surface area (TPSA) is 278 Å². The average Bonchev–Trinajstić information content (AvgIpc) is 3.82. The number of sulfonamides is 1. The maximum atomic E-state index is 13.3. The van der Waals surface area contributed by atoms with Crippen molar-refractivity contribution >= 4 is 85.1 Å². The summed E-state index contributed by atoms with van der Waals surface area (Å²) in [4.78, 5) is 95.2. The Labute approximate surface area is 352 Å². The van der Waals surface area contributed by atoms with Gasteiger partial charge in [-0.05, 0) is 80.6 Å². The van der Waals surface area contributed by atoms with Crippen LogP contribution in [0, 0.1) is 10.1 Å². The van der Waals surface area contributed by atoms with Crippen molar-refractivity contribution in [1.29, 1.82) is 0 Å². The predicted molar refractivity (Wildman–Crippen MR) is 221 cm³/mol. The minimum atomic E-state index is -4.14. The largest absolute Gasteiger partial charge is 0.478 e. The Bertz CT molecular complexity index is 2520. The first-order valence-corrected chi connectivity index (χ1v) is 21.1. The summed E-state index contributed by atoms with van der Waals surface area (Å²) in [6, 6.07) is 12.0. The monoisotopic (exact) mass is 873 g/mol. The van der Waals surface area contributed by atoms with Gasteiger partial charge in [-0.2, -0.15) is 0 Å². The molecule has 0 aliphatic carbocycles. The fourth-order valence-electron chi connectivity index (χ4n) is 6.40. The van der Waals surface area contributed by atoms with E-state index in [1.54, 1.807) is 12.1 Å². The summed E-state index contributed by atoms with van der Waals surface area (Å²) in [5, 5.41) is 21.6. The fourth-order valence-corrected chi connectivity index (χ4v) is 8.13. The summed E-state index contributed by atoms with van der Waals surface area (Å²) in [5.74, 6) is -3.21. The second-order valence-electron chi connectivity index (χ2n) is 13.6. The molecule has 20 nitrogen and oxygen atoms in total. The highest BCUT2D eigenvalue weighted by Gasteiger charge is 2.45. The molecule has 318 valence electrons. The number of aromatic nitrogens is 2. The van der Waals surface area contributed by atoms with E-state index in [1.807, 2.05) is 0 Å². The van der Waals surface area contributed by atoms with Crippen LogP contribution in [0.15, 0.2) is 71.8 Å². The third-order valence-electron chi connectivity index (χ3n) is 9.38. The minimum Gasteiger partial charge on any atom is -0.478 e. The van der Waals surface area contributed by atoms with Crippen LogP contribution in [0.25, 0.3) is 6.08 Å². The number of hydrogen-bond acceptors (Lipinski definition) is 15. The zero-order chi connectivity index (χ0) is 43.7. The molecule has 2 aromatic carbocycles. The summed E-state index contributed by atoms with van der Waals surface area (Å²) in [5.41, 5.74) is 1.59. The summed E-state index contributed by atoms with van der Waals surface area (Å²) in [7, 11) is -2.82. The Morgan fingerprint density at radius 2 is 1.82 bits per heavy atom.